The number of aliphatic hydroxyl groups is 1. The fourth-order valence-electron chi connectivity index (χ4n) is 3.21. The molecule has 1 aromatic heterocycles. The van der Waals surface area contributed by atoms with Crippen molar-refractivity contribution < 1.29 is 9.90 Å². The van der Waals surface area contributed by atoms with Crippen molar-refractivity contribution in [3.8, 4) is 0 Å². The minimum atomic E-state index is -0.328. The lowest BCUT2D eigenvalue weighted by atomic mass is 9.63. The van der Waals surface area contributed by atoms with Crippen LogP contribution in [0.5, 0.6) is 0 Å². The number of aryl methyl sites for hydroxylation is 1. The third-order valence-electron chi connectivity index (χ3n) is 4.69. The summed E-state index contributed by atoms with van der Waals surface area (Å²) in [6.45, 7) is 0.0318. The maximum atomic E-state index is 12.4. The van der Waals surface area contributed by atoms with Gasteiger partial charge in [0.15, 0.2) is 0 Å². The van der Waals surface area contributed by atoms with Crippen molar-refractivity contribution in [3.63, 3.8) is 0 Å². The van der Waals surface area contributed by atoms with Crippen molar-refractivity contribution in [1.29, 1.82) is 0 Å². The second-order valence-corrected chi connectivity index (χ2v) is 6.80. The number of aromatic nitrogens is 2. The zero-order valence-electron chi connectivity index (χ0n) is 13.5. The molecular formula is C17H21ClN4O2. The van der Waals surface area contributed by atoms with Crippen LogP contribution in [-0.2, 0) is 7.05 Å². The maximum absolute atomic E-state index is 12.4. The standard InChI is InChI=1S/C17H21ClN4O2/c1-22-10-12(9-19-22)15(17(11-23)6-3-7-17)21-16(24)20-14-5-2-4-13(18)8-14/h2,4-5,8-10,15,23H,3,6-7,11H2,1H3,(H2,20,21,24)/t15-/m1/s1. The van der Waals surface area contributed by atoms with E-state index in [0.717, 1.165) is 24.8 Å². The highest BCUT2D eigenvalue weighted by Gasteiger charge is 2.45. The van der Waals surface area contributed by atoms with Crippen LogP contribution in [0, 0.1) is 5.41 Å². The lowest BCUT2D eigenvalue weighted by Crippen LogP contribution is -2.48. The largest absolute Gasteiger partial charge is 0.396 e. The van der Waals surface area contributed by atoms with Crippen molar-refractivity contribution in [2.75, 3.05) is 11.9 Å². The Kier molecular flexibility index (Phi) is 4.78. The summed E-state index contributed by atoms with van der Waals surface area (Å²) < 4.78 is 1.70. The predicted octanol–water partition coefficient (Wildman–Crippen LogP) is 3.10. The number of aliphatic hydroxyl groups excluding tert-OH is 1. The molecule has 24 heavy (non-hydrogen) atoms. The molecule has 0 saturated heterocycles. The monoisotopic (exact) mass is 348 g/mol. The number of amides is 2. The molecule has 2 aromatic rings. The second kappa shape index (κ2) is 6.83. The van der Waals surface area contributed by atoms with Gasteiger partial charge in [0, 0.05) is 34.9 Å². The van der Waals surface area contributed by atoms with Crippen LogP contribution >= 0.6 is 11.6 Å². The van der Waals surface area contributed by atoms with Gasteiger partial charge in [-0.2, -0.15) is 5.10 Å². The fraction of sp³-hybridized carbons (Fsp3) is 0.412. The molecule has 0 unspecified atom stereocenters. The Bertz CT molecular complexity index is 721. The third kappa shape index (κ3) is 3.39. The van der Waals surface area contributed by atoms with Crippen LogP contribution in [-0.4, -0.2) is 27.5 Å². The van der Waals surface area contributed by atoms with Crippen LogP contribution in [0.25, 0.3) is 0 Å². The first-order valence-corrected chi connectivity index (χ1v) is 8.33. The summed E-state index contributed by atoms with van der Waals surface area (Å²) in [6.07, 6.45) is 6.41. The van der Waals surface area contributed by atoms with Crippen molar-refractivity contribution in [1.82, 2.24) is 15.1 Å². The molecule has 128 valence electrons. The number of hydrogen-bond acceptors (Lipinski definition) is 3. The smallest absolute Gasteiger partial charge is 0.319 e. The molecule has 3 N–H and O–H groups in total. The first kappa shape index (κ1) is 16.8. The van der Waals surface area contributed by atoms with Gasteiger partial charge in [0.05, 0.1) is 18.8 Å². The summed E-state index contributed by atoms with van der Waals surface area (Å²) in [5.41, 5.74) is 1.19. The van der Waals surface area contributed by atoms with E-state index >= 15 is 0 Å². The molecule has 1 saturated carbocycles. The molecule has 1 aromatic carbocycles. The van der Waals surface area contributed by atoms with E-state index in [4.69, 9.17) is 11.6 Å². The molecule has 6 nitrogen and oxygen atoms in total. The van der Waals surface area contributed by atoms with Crippen LogP contribution in [0.2, 0.25) is 5.02 Å². The van der Waals surface area contributed by atoms with Gasteiger partial charge >= 0.3 is 6.03 Å². The minimum Gasteiger partial charge on any atom is -0.396 e. The van der Waals surface area contributed by atoms with E-state index in [1.54, 1.807) is 35.1 Å². The summed E-state index contributed by atoms with van der Waals surface area (Å²) >= 11 is 5.94. The summed E-state index contributed by atoms with van der Waals surface area (Å²) in [5.74, 6) is 0. The fourth-order valence-corrected chi connectivity index (χ4v) is 3.40. The number of nitrogens with one attached hydrogen (secondary N) is 2. The number of carbonyl (C=O) groups is 1. The molecule has 2 amide bonds. The van der Waals surface area contributed by atoms with Gasteiger partial charge < -0.3 is 15.7 Å². The van der Waals surface area contributed by atoms with Crippen LogP contribution in [0.15, 0.2) is 36.7 Å². The molecule has 0 radical (unpaired) electrons. The number of carbonyl (C=O) groups excluding carboxylic acids is 1. The lowest BCUT2D eigenvalue weighted by molar-refractivity contribution is 0.00967. The highest BCUT2D eigenvalue weighted by Crippen LogP contribution is 2.49. The van der Waals surface area contributed by atoms with Crippen molar-refractivity contribution in [3.05, 3.63) is 47.2 Å². The molecule has 0 bridgehead atoms. The molecule has 1 fully saturated rings. The summed E-state index contributed by atoms with van der Waals surface area (Å²) in [5, 5.41) is 20.4. The normalized spacial score (nSPS) is 17.0. The second-order valence-electron chi connectivity index (χ2n) is 6.36. The van der Waals surface area contributed by atoms with Gasteiger partial charge in [-0.15, -0.1) is 0 Å². The molecule has 3 rings (SSSR count). The van der Waals surface area contributed by atoms with Crippen molar-refractivity contribution in [2.45, 2.75) is 25.3 Å². The number of hydrogen-bond donors (Lipinski definition) is 3. The van der Waals surface area contributed by atoms with Gasteiger partial charge in [-0.3, -0.25) is 4.68 Å². The van der Waals surface area contributed by atoms with Gasteiger partial charge in [-0.05, 0) is 31.0 Å². The Morgan fingerprint density at radius 1 is 1.50 bits per heavy atom. The molecule has 1 aliphatic carbocycles. The summed E-state index contributed by atoms with van der Waals surface area (Å²) in [7, 11) is 1.83. The predicted molar refractivity (Wildman–Crippen MR) is 92.9 cm³/mol. The molecule has 0 aliphatic heterocycles. The summed E-state index contributed by atoms with van der Waals surface area (Å²) in [4.78, 5) is 12.4. The van der Waals surface area contributed by atoms with Gasteiger partial charge in [-0.1, -0.05) is 24.1 Å². The highest BCUT2D eigenvalue weighted by atomic mass is 35.5. The number of benzene rings is 1. The molecule has 1 atom stereocenters. The average Bonchev–Trinajstić information content (AvgIpc) is 2.92. The quantitative estimate of drug-likeness (QED) is 0.776. The van der Waals surface area contributed by atoms with E-state index in [-0.39, 0.29) is 24.1 Å². The molecule has 1 aliphatic rings. The van der Waals surface area contributed by atoms with E-state index in [0.29, 0.717) is 10.7 Å². The van der Waals surface area contributed by atoms with E-state index in [2.05, 4.69) is 15.7 Å². The van der Waals surface area contributed by atoms with Gasteiger partial charge in [0.2, 0.25) is 0 Å². The third-order valence-corrected chi connectivity index (χ3v) is 4.93. The number of urea groups is 1. The first-order valence-electron chi connectivity index (χ1n) is 7.95. The zero-order chi connectivity index (χ0) is 17.2. The van der Waals surface area contributed by atoms with Gasteiger partial charge in [0.25, 0.3) is 0 Å². The molecule has 1 heterocycles. The van der Waals surface area contributed by atoms with Gasteiger partial charge in [0.1, 0.15) is 0 Å². The van der Waals surface area contributed by atoms with E-state index in [9.17, 15) is 9.90 Å². The van der Waals surface area contributed by atoms with Crippen LogP contribution in [0.4, 0.5) is 10.5 Å². The van der Waals surface area contributed by atoms with Crippen LogP contribution in [0.3, 0.4) is 0 Å². The number of rotatable bonds is 5. The summed E-state index contributed by atoms with van der Waals surface area (Å²) in [6, 6.07) is 6.37. The number of anilines is 1. The Morgan fingerprint density at radius 3 is 2.83 bits per heavy atom. The minimum absolute atomic E-state index is 0.0318. The average molecular weight is 349 g/mol. The lowest BCUT2D eigenvalue weighted by Gasteiger charge is -2.46. The van der Waals surface area contributed by atoms with Gasteiger partial charge in [-0.25, -0.2) is 4.79 Å². The van der Waals surface area contributed by atoms with Crippen molar-refractivity contribution >= 4 is 23.3 Å². The Morgan fingerprint density at radius 2 is 2.29 bits per heavy atom. The van der Waals surface area contributed by atoms with Crippen LogP contribution < -0.4 is 10.6 Å². The zero-order valence-corrected chi connectivity index (χ0v) is 14.3. The van der Waals surface area contributed by atoms with Crippen molar-refractivity contribution in [2.24, 2.45) is 12.5 Å². The molecular weight excluding hydrogens is 328 g/mol. The Hall–Kier alpha value is -2.05. The molecule has 7 heteroatoms. The van der Waals surface area contributed by atoms with E-state index in [1.807, 2.05) is 13.2 Å². The topological polar surface area (TPSA) is 79.2 Å². The Balaban J connectivity index is 1.77. The molecule has 0 spiro atoms. The maximum Gasteiger partial charge on any atom is 0.319 e. The van der Waals surface area contributed by atoms with Crippen LogP contribution in [0.1, 0.15) is 30.9 Å². The van der Waals surface area contributed by atoms with E-state index < -0.39 is 0 Å². The van der Waals surface area contributed by atoms with E-state index in [1.165, 1.54) is 0 Å². The number of nitrogens with zero attached hydrogens (tertiary/aromatic N) is 2. The highest BCUT2D eigenvalue weighted by molar-refractivity contribution is 6.30. The SMILES string of the molecule is Cn1cc([C@@H](NC(=O)Nc2cccc(Cl)c2)C2(CO)CCC2)cn1. The first-order chi connectivity index (χ1) is 11.5. The number of halogens is 1. The Labute approximate surface area is 145 Å².